The summed E-state index contributed by atoms with van der Waals surface area (Å²) in [5.41, 5.74) is 0.852. The number of sulfonamides is 1. The van der Waals surface area contributed by atoms with E-state index in [1.807, 2.05) is 0 Å². The summed E-state index contributed by atoms with van der Waals surface area (Å²) in [5.74, 6) is -1.59. The summed E-state index contributed by atoms with van der Waals surface area (Å²) in [4.78, 5) is 12.4. The van der Waals surface area contributed by atoms with Gasteiger partial charge in [-0.25, -0.2) is 21.9 Å². The minimum atomic E-state index is -3.92. The number of rotatable bonds is 6. The Bertz CT molecular complexity index is 1360. The second-order valence-electron chi connectivity index (χ2n) is 6.71. The first-order chi connectivity index (χ1) is 15.3. The molecule has 0 atom stereocenters. The molecule has 0 spiro atoms. The van der Waals surface area contributed by atoms with Crippen LogP contribution in [0.15, 0.2) is 90.1 Å². The van der Waals surface area contributed by atoms with Crippen molar-refractivity contribution in [1.29, 1.82) is 0 Å². The molecule has 162 valence electrons. The van der Waals surface area contributed by atoms with E-state index in [2.05, 4.69) is 15.1 Å². The first kappa shape index (κ1) is 21.2. The molecule has 0 aliphatic carbocycles. The molecule has 3 aromatic carbocycles. The number of nitrogens with zero attached hydrogens (tertiary/aromatic N) is 2. The number of carbonyl (C=O) groups is 1. The van der Waals surface area contributed by atoms with Crippen LogP contribution in [0.4, 0.5) is 20.2 Å². The quantitative estimate of drug-likeness (QED) is 0.457. The Morgan fingerprint density at radius 3 is 2.22 bits per heavy atom. The Kier molecular flexibility index (Phi) is 5.69. The van der Waals surface area contributed by atoms with E-state index in [-0.39, 0.29) is 27.5 Å². The van der Waals surface area contributed by atoms with Gasteiger partial charge < -0.3 is 5.32 Å². The van der Waals surface area contributed by atoms with Crippen LogP contribution in [0.5, 0.6) is 0 Å². The molecule has 7 nitrogen and oxygen atoms in total. The van der Waals surface area contributed by atoms with E-state index in [0.29, 0.717) is 0 Å². The summed E-state index contributed by atoms with van der Waals surface area (Å²) in [6.45, 7) is 0. The Balaban J connectivity index is 1.46. The maximum atomic E-state index is 14.3. The fourth-order valence-electron chi connectivity index (χ4n) is 2.90. The highest BCUT2D eigenvalue weighted by Crippen LogP contribution is 2.20. The molecular weight excluding hydrogens is 438 g/mol. The number of halogens is 2. The van der Waals surface area contributed by atoms with Gasteiger partial charge in [-0.1, -0.05) is 0 Å². The number of aromatic nitrogens is 2. The van der Waals surface area contributed by atoms with E-state index in [0.717, 1.165) is 12.1 Å². The van der Waals surface area contributed by atoms with Crippen LogP contribution < -0.4 is 10.0 Å². The maximum Gasteiger partial charge on any atom is 0.261 e. The van der Waals surface area contributed by atoms with Crippen LogP contribution in [0.25, 0.3) is 5.69 Å². The molecule has 1 aromatic heterocycles. The lowest BCUT2D eigenvalue weighted by molar-refractivity contribution is 0.102. The number of carbonyl (C=O) groups excluding carboxylic acids is 1. The Hall–Kier alpha value is -4.05. The highest BCUT2D eigenvalue weighted by atomic mass is 32.2. The number of hydrogen-bond donors (Lipinski definition) is 2. The first-order valence-electron chi connectivity index (χ1n) is 9.31. The molecule has 4 rings (SSSR count). The molecule has 0 fully saturated rings. The predicted molar refractivity (Wildman–Crippen MR) is 115 cm³/mol. The van der Waals surface area contributed by atoms with Crippen LogP contribution in [0.1, 0.15) is 10.4 Å². The fraction of sp³-hybridized carbons (Fsp3) is 0. The summed E-state index contributed by atoms with van der Waals surface area (Å²) in [6.07, 6.45) is 3.12. The molecule has 0 radical (unpaired) electrons. The van der Waals surface area contributed by atoms with Crippen LogP contribution >= 0.6 is 0 Å². The van der Waals surface area contributed by atoms with Gasteiger partial charge in [-0.05, 0) is 72.8 Å². The molecule has 0 unspecified atom stereocenters. The molecule has 0 saturated carbocycles. The number of nitrogens with one attached hydrogen (secondary N) is 2. The van der Waals surface area contributed by atoms with E-state index in [9.17, 15) is 22.0 Å². The molecule has 4 aromatic rings. The summed E-state index contributed by atoms with van der Waals surface area (Å²) < 4.78 is 56.0. The third-order valence-electron chi connectivity index (χ3n) is 4.48. The number of amides is 1. The van der Waals surface area contributed by atoms with E-state index in [1.165, 1.54) is 65.5 Å². The van der Waals surface area contributed by atoms with Crippen molar-refractivity contribution in [3.63, 3.8) is 0 Å². The van der Waals surface area contributed by atoms with Gasteiger partial charge in [0.25, 0.3) is 15.9 Å². The van der Waals surface area contributed by atoms with Crippen molar-refractivity contribution >= 4 is 27.3 Å². The van der Waals surface area contributed by atoms with Crippen molar-refractivity contribution in [2.75, 3.05) is 10.0 Å². The molecule has 0 bridgehead atoms. The summed E-state index contributed by atoms with van der Waals surface area (Å²) in [5, 5.41) is 6.53. The van der Waals surface area contributed by atoms with Crippen molar-refractivity contribution < 1.29 is 22.0 Å². The monoisotopic (exact) mass is 454 g/mol. The third-order valence-corrected chi connectivity index (χ3v) is 5.88. The average molecular weight is 454 g/mol. The summed E-state index contributed by atoms with van der Waals surface area (Å²) in [6, 6.07) is 15.9. The Morgan fingerprint density at radius 2 is 1.59 bits per heavy atom. The highest BCUT2D eigenvalue weighted by molar-refractivity contribution is 7.92. The normalized spacial score (nSPS) is 11.2. The average Bonchev–Trinajstić information content (AvgIpc) is 3.30. The molecule has 0 aliphatic heterocycles. The predicted octanol–water partition coefficient (Wildman–Crippen LogP) is 4.20. The standard InChI is InChI=1S/C22H16F2N4O3S/c23-16-4-6-17(7-5-16)27-32(30,31)19-9-2-15(3-10-19)22(29)26-18-8-11-21(20(24)14-18)28-13-1-12-25-28/h1-14,27H,(H,26,29). The van der Waals surface area contributed by atoms with Gasteiger partial charge in [0.1, 0.15) is 11.5 Å². The van der Waals surface area contributed by atoms with E-state index in [4.69, 9.17) is 0 Å². The van der Waals surface area contributed by atoms with Gasteiger partial charge in [0.2, 0.25) is 0 Å². The second kappa shape index (κ2) is 8.60. The zero-order chi connectivity index (χ0) is 22.7. The Morgan fingerprint density at radius 1 is 0.906 bits per heavy atom. The van der Waals surface area contributed by atoms with Gasteiger partial charge >= 0.3 is 0 Å². The summed E-state index contributed by atoms with van der Waals surface area (Å²) >= 11 is 0. The summed E-state index contributed by atoms with van der Waals surface area (Å²) in [7, 11) is -3.92. The van der Waals surface area contributed by atoms with E-state index in [1.54, 1.807) is 12.3 Å². The molecule has 0 aliphatic rings. The lowest BCUT2D eigenvalue weighted by Gasteiger charge is -2.10. The number of anilines is 2. The smallest absolute Gasteiger partial charge is 0.261 e. The lowest BCUT2D eigenvalue weighted by Crippen LogP contribution is -2.15. The van der Waals surface area contributed by atoms with Gasteiger partial charge in [0.05, 0.1) is 4.90 Å². The van der Waals surface area contributed by atoms with Gasteiger partial charge in [-0.2, -0.15) is 5.10 Å². The third kappa shape index (κ3) is 4.65. The van der Waals surface area contributed by atoms with Crippen LogP contribution in [-0.2, 0) is 10.0 Å². The van der Waals surface area contributed by atoms with E-state index >= 15 is 0 Å². The van der Waals surface area contributed by atoms with Crippen LogP contribution in [0.3, 0.4) is 0 Å². The van der Waals surface area contributed by atoms with Crippen LogP contribution in [0.2, 0.25) is 0 Å². The van der Waals surface area contributed by atoms with Crippen molar-refractivity contribution in [2.45, 2.75) is 4.90 Å². The highest BCUT2D eigenvalue weighted by Gasteiger charge is 2.16. The SMILES string of the molecule is O=C(Nc1ccc(-n2cccn2)c(F)c1)c1ccc(S(=O)(=O)Nc2ccc(F)cc2)cc1. The topological polar surface area (TPSA) is 93.1 Å². The molecule has 2 N–H and O–H groups in total. The molecule has 10 heteroatoms. The number of benzene rings is 3. The maximum absolute atomic E-state index is 14.3. The molecule has 1 amide bonds. The second-order valence-corrected chi connectivity index (χ2v) is 8.39. The Labute approximate surface area is 182 Å². The van der Waals surface area contributed by atoms with Crippen molar-refractivity contribution in [2.24, 2.45) is 0 Å². The molecular formula is C22H16F2N4O3S. The zero-order valence-electron chi connectivity index (χ0n) is 16.4. The lowest BCUT2D eigenvalue weighted by atomic mass is 10.2. The van der Waals surface area contributed by atoms with Gasteiger partial charge in [-0.3, -0.25) is 9.52 Å². The van der Waals surface area contributed by atoms with Crippen molar-refractivity contribution in [1.82, 2.24) is 9.78 Å². The number of hydrogen-bond acceptors (Lipinski definition) is 4. The zero-order valence-corrected chi connectivity index (χ0v) is 17.2. The van der Waals surface area contributed by atoms with Crippen LogP contribution in [0, 0.1) is 11.6 Å². The minimum Gasteiger partial charge on any atom is -0.322 e. The minimum absolute atomic E-state index is 0.0759. The van der Waals surface area contributed by atoms with Crippen LogP contribution in [-0.4, -0.2) is 24.1 Å². The van der Waals surface area contributed by atoms with Gasteiger partial charge in [0, 0.05) is 29.3 Å². The molecule has 0 saturated heterocycles. The van der Waals surface area contributed by atoms with Gasteiger partial charge in [-0.15, -0.1) is 0 Å². The largest absolute Gasteiger partial charge is 0.322 e. The first-order valence-corrected chi connectivity index (χ1v) is 10.8. The molecule has 1 heterocycles. The van der Waals surface area contributed by atoms with Gasteiger partial charge in [0.15, 0.2) is 5.82 Å². The fourth-order valence-corrected chi connectivity index (χ4v) is 3.96. The van der Waals surface area contributed by atoms with E-state index < -0.39 is 27.6 Å². The van der Waals surface area contributed by atoms with Crippen molar-refractivity contribution in [3.05, 3.63) is 102 Å². The van der Waals surface area contributed by atoms with Crippen molar-refractivity contribution in [3.8, 4) is 5.69 Å². The molecule has 32 heavy (non-hydrogen) atoms.